The van der Waals surface area contributed by atoms with Crippen molar-refractivity contribution in [2.75, 3.05) is 34.5 Å². The number of ether oxygens (including phenoxy) is 4. The van der Waals surface area contributed by atoms with Crippen molar-refractivity contribution >= 4 is 5.97 Å². The number of hydrogen-bond donors (Lipinski definition) is 0. The zero-order valence-electron chi connectivity index (χ0n) is 20.5. The van der Waals surface area contributed by atoms with Gasteiger partial charge in [-0.3, -0.25) is 4.79 Å². The van der Waals surface area contributed by atoms with Crippen LogP contribution in [0.3, 0.4) is 0 Å². The van der Waals surface area contributed by atoms with Gasteiger partial charge in [-0.15, -0.1) is 0 Å². The van der Waals surface area contributed by atoms with Crippen LogP contribution in [-0.2, 0) is 20.7 Å². The first-order valence-corrected chi connectivity index (χ1v) is 11.3. The van der Waals surface area contributed by atoms with Gasteiger partial charge in [-0.25, -0.2) is 0 Å². The lowest BCUT2D eigenvalue weighted by Crippen LogP contribution is -2.21. The van der Waals surface area contributed by atoms with Crippen molar-refractivity contribution in [2.45, 2.75) is 53.4 Å². The van der Waals surface area contributed by atoms with E-state index in [-0.39, 0.29) is 17.8 Å². The van der Waals surface area contributed by atoms with Gasteiger partial charge in [0.25, 0.3) is 0 Å². The minimum absolute atomic E-state index is 0.0850. The molecule has 5 heteroatoms. The molecule has 0 N–H and O–H groups in total. The van der Waals surface area contributed by atoms with Gasteiger partial charge in [-0.05, 0) is 54.7 Å². The molecule has 0 heterocycles. The van der Waals surface area contributed by atoms with Crippen LogP contribution in [0.15, 0.2) is 30.4 Å². The lowest BCUT2D eigenvalue weighted by Gasteiger charge is -2.21. The minimum Gasteiger partial charge on any atom is -0.493 e. The Hall–Kier alpha value is -2.01. The third kappa shape index (κ3) is 9.77. The Morgan fingerprint density at radius 1 is 0.935 bits per heavy atom. The van der Waals surface area contributed by atoms with Crippen molar-refractivity contribution in [3.8, 4) is 11.5 Å². The summed E-state index contributed by atoms with van der Waals surface area (Å²) in [7, 11) is 4.82. The van der Waals surface area contributed by atoms with Gasteiger partial charge in [0.15, 0.2) is 11.5 Å². The summed E-state index contributed by atoms with van der Waals surface area (Å²) in [4.78, 5) is 11.9. The highest BCUT2D eigenvalue weighted by molar-refractivity contribution is 5.72. The SMILES string of the molecule is COCCCOc1cc(CC(C/C=C/CC(C(=O)OC)C(C)C)C(C)C)ccc1OC. The Kier molecular flexibility index (Phi) is 13.0. The maximum Gasteiger partial charge on any atom is 0.309 e. The van der Waals surface area contributed by atoms with Crippen molar-refractivity contribution in [3.05, 3.63) is 35.9 Å². The number of allylic oxidation sites excluding steroid dienone is 2. The molecule has 1 aromatic rings. The summed E-state index contributed by atoms with van der Waals surface area (Å²) in [6, 6.07) is 6.20. The molecule has 0 radical (unpaired) electrons. The maximum absolute atomic E-state index is 11.9. The zero-order chi connectivity index (χ0) is 23.2. The molecule has 5 nitrogen and oxygen atoms in total. The van der Waals surface area contributed by atoms with Crippen LogP contribution in [0.25, 0.3) is 0 Å². The topological polar surface area (TPSA) is 54.0 Å². The van der Waals surface area contributed by atoms with Crippen LogP contribution >= 0.6 is 0 Å². The van der Waals surface area contributed by atoms with E-state index in [0.717, 1.165) is 37.2 Å². The molecule has 2 unspecified atom stereocenters. The number of esters is 1. The highest BCUT2D eigenvalue weighted by Gasteiger charge is 2.21. The summed E-state index contributed by atoms with van der Waals surface area (Å²) in [6.07, 6.45) is 7.85. The molecule has 176 valence electrons. The van der Waals surface area contributed by atoms with Crippen molar-refractivity contribution in [1.82, 2.24) is 0 Å². The maximum atomic E-state index is 11.9. The quantitative estimate of drug-likeness (QED) is 0.201. The molecule has 1 rings (SSSR count). The molecule has 0 saturated heterocycles. The van der Waals surface area contributed by atoms with Gasteiger partial charge in [0.2, 0.25) is 0 Å². The number of methoxy groups -OCH3 is 3. The summed E-state index contributed by atoms with van der Waals surface area (Å²) in [5.41, 5.74) is 1.24. The van der Waals surface area contributed by atoms with E-state index < -0.39 is 0 Å². The standard InChI is InChI=1S/C26H42O5/c1-19(2)22(11-8-9-12-23(20(3)4)26(27)30-7)17-21-13-14-24(29-6)25(18-21)31-16-10-15-28-5/h8-9,13-14,18-20,22-23H,10-12,15-17H2,1-7H3/b9-8+. The Bertz CT molecular complexity index is 666. The zero-order valence-corrected chi connectivity index (χ0v) is 20.5. The fraction of sp³-hybridized carbons (Fsp3) is 0.654. The monoisotopic (exact) mass is 434 g/mol. The van der Waals surface area contributed by atoms with Crippen molar-refractivity contribution < 1.29 is 23.7 Å². The third-order valence-electron chi connectivity index (χ3n) is 5.72. The molecule has 0 amide bonds. The highest BCUT2D eigenvalue weighted by atomic mass is 16.5. The van der Waals surface area contributed by atoms with Crippen LogP contribution in [-0.4, -0.2) is 40.5 Å². The number of rotatable bonds is 15. The lowest BCUT2D eigenvalue weighted by atomic mass is 9.86. The molecule has 31 heavy (non-hydrogen) atoms. The molecule has 0 aliphatic rings. The summed E-state index contributed by atoms with van der Waals surface area (Å²) in [5, 5.41) is 0. The Balaban J connectivity index is 2.76. The second-order valence-corrected chi connectivity index (χ2v) is 8.70. The first-order chi connectivity index (χ1) is 14.8. The summed E-state index contributed by atoms with van der Waals surface area (Å²) in [5.74, 6) is 2.63. The Morgan fingerprint density at radius 3 is 2.23 bits per heavy atom. The van der Waals surface area contributed by atoms with E-state index in [4.69, 9.17) is 18.9 Å². The molecule has 1 aromatic carbocycles. The van der Waals surface area contributed by atoms with Crippen molar-refractivity contribution in [2.24, 2.45) is 23.7 Å². The van der Waals surface area contributed by atoms with Gasteiger partial charge in [-0.2, -0.15) is 0 Å². The first-order valence-electron chi connectivity index (χ1n) is 11.3. The smallest absolute Gasteiger partial charge is 0.309 e. The van der Waals surface area contributed by atoms with Gasteiger partial charge < -0.3 is 18.9 Å². The van der Waals surface area contributed by atoms with Gasteiger partial charge in [-0.1, -0.05) is 45.9 Å². The van der Waals surface area contributed by atoms with E-state index in [1.54, 1.807) is 14.2 Å². The van der Waals surface area contributed by atoms with E-state index >= 15 is 0 Å². The van der Waals surface area contributed by atoms with E-state index in [2.05, 4.69) is 52.0 Å². The van der Waals surface area contributed by atoms with E-state index in [0.29, 0.717) is 25.0 Å². The third-order valence-corrected chi connectivity index (χ3v) is 5.72. The lowest BCUT2D eigenvalue weighted by molar-refractivity contribution is -0.146. The van der Waals surface area contributed by atoms with Crippen LogP contribution in [0.1, 0.15) is 52.5 Å². The van der Waals surface area contributed by atoms with Gasteiger partial charge in [0, 0.05) is 20.1 Å². The average Bonchev–Trinajstić information content (AvgIpc) is 2.75. The predicted octanol–water partition coefficient (Wildman–Crippen LogP) is 5.71. The second-order valence-electron chi connectivity index (χ2n) is 8.70. The highest BCUT2D eigenvalue weighted by Crippen LogP contribution is 2.31. The van der Waals surface area contributed by atoms with Gasteiger partial charge >= 0.3 is 5.97 Å². The molecule has 0 fully saturated rings. The predicted molar refractivity (Wildman–Crippen MR) is 126 cm³/mol. The summed E-state index contributed by atoms with van der Waals surface area (Å²) >= 11 is 0. The molecule has 0 bridgehead atoms. The van der Waals surface area contributed by atoms with Gasteiger partial charge in [0.05, 0.1) is 26.7 Å². The average molecular weight is 435 g/mol. The Morgan fingerprint density at radius 2 is 1.65 bits per heavy atom. The van der Waals surface area contributed by atoms with Crippen LogP contribution < -0.4 is 9.47 Å². The molecule has 0 spiro atoms. The summed E-state index contributed by atoms with van der Waals surface area (Å²) in [6.45, 7) is 9.92. The number of carbonyl (C=O) groups is 1. The number of hydrogen-bond acceptors (Lipinski definition) is 5. The van der Waals surface area contributed by atoms with E-state index in [1.807, 2.05) is 6.07 Å². The van der Waals surface area contributed by atoms with Crippen molar-refractivity contribution in [1.29, 1.82) is 0 Å². The fourth-order valence-electron chi connectivity index (χ4n) is 3.55. The molecular formula is C26H42O5. The fourth-order valence-corrected chi connectivity index (χ4v) is 3.55. The van der Waals surface area contributed by atoms with Gasteiger partial charge in [0.1, 0.15) is 0 Å². The van der Waals surface area contributed by atoms with E-state index in [9.17, 15) is 4.79 Å². The molecule has 0 aromatic heterocycles. The molecule has 0 aliphatic heterocycles. The Labute approximate surface area is 189 Å². The van der Waals surface area contributed by atoms with Crippen molar-refractivity contribution in [3.63, 3.8) is 0 Å². The summed E-state index contributed by atoms with van der Waals surface area (Å²) < 4.78 is 21.4. The molecular weight excluding hydrogens is 392 g/mol. The van der Waals surface area contributed by atoms with E-state index in [1.165, 1.54) is 12.7 Å². The normalized spacial score (nSPS) is 13.6. The minimum atomic E-state index is -0.128. The van der Waals surface area contributed by atoms with Crippen LogP contribution in [0.2, 0.25) is 0 Å². The molecule has 2 atom stereocenters. The van der Waals surface area contributed by atoms with Crippen LogP contribution in [0.4, 0.5) is 0 Å². The number of carbonyl (C=O) groups excluding carboxylic acids is 1. The number of benzene rings is 1. The molecule has 0 aliphatic carbocycles. The van der Waals surface area contributed by atoms with Crippen LogP contribution in [0.5, 0.6) is 11.5 Å². The largest absolute Gasteiger partial charge is 0.493 e. The molecule has 0 saturated carbocycles. The van der Waals surface area contributed by atoms with Crippen LogP contribution in [0, 0.1) is 23.7 Å². The second kappa shape index (κ2) is 14.9. The first kappa shape index (κ1) is 27.0.